The van der Waals surface area contributed by atoms with Crippen molar-refractivity contribution in [1.29, 1.82) is 0 Å². The van der Waals surface area contributed by atoms with Gasteiger partial charge in [-0.05, 0) is 41.3 Å². The van der Waals surface area contributed by atoms with Crippen molar-refractivity contribution in [3.05, 3.63) is 65.4 Å². The number of methoxy groups -OCH3 is 1. The predicted octanol–water partition coefficient (Wildman–Crippen LogP) is 4.42. The molecule has 3 nitrogen and oxygen atoms in total. The Morgan fingerprint density at radius 2 is 1.83 bits per heavy atom. The highest BCUT2D eigenvalue weighted by Gasteiger charge is 2.08. The predicted molar refractivity (Wildman–Crippen MR) is 92.7 cm³/mol. The molecule has 0 saturated heterocycles. The third kappa shape index (κ3) is 3.15. The quantitative estimate of drug-likeness (QED) is 0.655. The van der Waals surface area contributed by atoms with Gasteiger partial charge >= 0.3 is 0 Å². The molecule has 0 aliphatic carbocycles. The van der Waals surface area contributed by atoms with Crippen molar-refractivity contribution in [1.82, 2.24) is 4.98 Å². The minimum atomic E-state index is 0.439. The average Bonchev–Trinajstić information content (AvgIpc) is 2.61. The molecule has 1 heterocycles. The van der Waals surface area contributed by atoms with Crippen LogP contribution in [0.3, 0.4) is 0 Å². The van der Waals surface area contributed by atoms with E-state index in [4.69, 9.17) is 4.74 Å². The van der Waals surface area contributed by atoms with Crippen LogP contribution in [0.4, 0.5) is 0 Å². The van der Waals surface area contributed by atoms with E-state index in [0.29, 0.717) is 12.2 Å². The van der Waals surface area contributed by atoms with Crippen LogP contribution in [0.25, 0.3) is 22.0 Å². The lowest BCUT2D eigenvalue weighted by molar-refractivity contribution is 0.112. The molecular weight excluding hydrogens is 286 g/mol. The molecule has 0 N–H and O–H groups in total. The highest BCUT2D eigenvalue weighted by atomic mass is 16.5. The Labute approximate surface area is 135 Å². The van der Waals surface area contributed by atoms with Gasteiger partial charge in [-0.25, -0.2) is 4.98 Å². The van der Waals surface area contributed by atoms with Gasteiger partial charge in [0.15, 0.2) is 6.29 Å². The Balaban J connectivity index is 2.11. The summed E-state index contributed by atoms with van der Waals surface area (Å²) in [5.41, 5.74) is 5.59. The monoisotopic (exact) mass is 305 g/mol. The summed E-state index contributed by atoms with van der Waals surface area (Å²) in [6.45, 7) is 2.58. The summed E-state index contributed by atoms with van der Waals surface area (Å²) < 4.78 is 5.11. The number of benzene rings is 2. The Kier molecular flexibility index (Phi) is 4.49. The Bertz CT molecular complexity index is 838. The first-order valence-electron chi connectivity index (χ1n) is 7.72. The third-order valence-electron chi connectivity index (χ3n) is 3.99. The summed E-state index contributed by atoms with van der Waals surface area (Å²) >= 11 is 0. The van der Waals surface area contributed by atoms with Crippen molar-refractivity contribution in [3.63, 3.8) is 0 Å². The number of hydrogen-bond donors (Lipinski definition) is 0. The van der Waals surface area contributed by atoms with Gasteiger partial charge in [0.2, 0.25) is 0 Å². The van der Waals surface area contributed by atoms with Gasteiger partial charge in [0.25, 0.3) is 0 Å². The van der Waals surface area contributed by atoms with Crippen LogP contribution >= 0.6 is 0 Å². The number of fused-ring (bicyclic) bond motifs is 1. The van der Waals surface area contributed by atoms with E-state index in [0.717, 1.165) is 40.4 Å². The Hall–Kier alpha value is -2.52. The zero-order chi connectivity index (χ0) is 16.2. The van der Waals surface area contributed by atoms with Crippen molar-refractivity contribution < 1.29 is 9.53 Å². The molecule has 0 bridgehead atoms. The number of carbonyl (C=O) groups is 1. The van der Waals surface area contributed by atoms with E-state index in [1.165, 1.54) is 5.56 Å². The molecule has 0 aliphatic rings. The second-order valence-corrected chi connectivity index (χ2v) is 5.54. The van der Waals surface area contributed by atoms with E-state index in [1.807, 2.05) is 18.2 Å². The molecule has 0 fully saturated rings. The fourth-order valence-corrected chi connectivity index (χ4v) is 2.72. The zero-order valence-electron chi connectivity index (χ0n) is 13.4. The maximum Gasteiger partial charge on any atom is 0.152 e. The van der Waals surface area contributed by atoms with E-state index >= 15 is 0 Å². The van der Waals surface area contributed by atoms with Crippen LogP contribution in [0.1, 0.15) is 28.5 Å². The van der Waals surface area contributed by atoms with Crippen LogP contribution in [0.2, 0.25) is 0 Å². The first-order chi connectivity index (χ1) is 11.2. The Morgan fingerprint density at radius 3 is 2.48 bits per heavy atom. The second-order valence-electron chi connectivity index (χ2n) is 5.54. The SMILES string of the molecule is CCc1ccc(-c2cc(C=O)c3nc(COC)ccc3c2)cc1. The number of aryl methyl sites for hydroxylation is 1. The summed E-state index contributed by atoms with van der Waals surface area (Å²) in [5.74, 6) is 0. The second kappa shape index (κ2) is 6.71. The molecular formula is C20H19NO2. The molecule has 0 spiro atoms. The van der Waals surface area contributed by atoms with Crippen molar-refractivity contribution in [2.75, 3.05) is 7.11 Å². The molecule has 0 radical (unpaired) electrons. The van der Waals surface area contributed by atoms with E-state index < -0.39 is 0 Å². The molecule has 0 saturated carbocycles. The standard InChI is InChI=1S/C20H19NO2/c1-3-14-4-6-15(7-5-14)17-10-16-8-9-19(13-23-2)21-20(16)18(11-17)12-22/h4-12H,3,13H2,1-2H3. The van der Waals surface area contributed by atoms with Crippen LogP contribution in [-0.2, 0) is 17.8 Å². The highest BCUT2D eigenvalue weighted by molar-refractivity contribution is 5.98. The number of rotatable bonds is 5. The number of carbonyl (C=O) groups excluding carboxylic acids is 1. The van der Waals surface area contributed by atoms with E-state index in [1.54, 1.807) is 7.11 Å². The molecule has 0 atom stereocenters. The summed E-state index contributed by atoms with van der Waals surface area (Å²) in [7, 11) is 1.63. The van der Waals surface area contributed by atoms with E-state index in [9.17, 15) is 4.79 Å². The van der Waals surface area contributed by atoms with Crippen molar-refractivity contribution in [3.8, 4) is 11.1 Å². The minimum absolute atomic E-state index is 0.439. The van der Waals surface area contributed by atoms with Crippen LogP contribution in [0.5, 0.6) is 0 Å². The van der Waals surface area contributed by atoms with Gasteiger partial charge in [-0.2, -0.15) is 0 Å². The van der Waals surface area contributed by atoms with Gasteiger partial charge in [0, 0.05) is 18.1 Å². The summed E-state index contributed by atoms with van der Waals surface area (Å²) in [5, 5.41) is 0.962. The molecule has 1 aromatic heterocycles. The molecule has 2 aromatic carbocycles. The first-order valence-corrected chi connectivity index (χ1v) is 7.72. The zero-order valence-corrected chi connectivity index (χ0v) is 13.4. The lowest BCUT2D eigenvalue weighted by Gasteiger charge is -2.09. The van der Waals surface area contributed by atoms with Crippen LogP contribution < -0.4 is 0 Å². The summed E-state index contributed by atoms with van der Waals surface area (Å²) in [6.07, 6.45) is 1.89. The van der Waals surface area contributed by atoms with Crippen LogP contribution in [-0.4, -0.2) is 18.4 Å². The molecule has 116 valence electrons. The van der Waals surface area contributed by atoms with Gasteiger partial charge in [-0.15, -0.1) is 0 Å². The van der Waals surface area contributed by atoms with Crippen LogP contribution in [0, 0.1) is 0 Å². The van der Waals surface area contributed by atoms with Crippen LogP contribution in [0.15, 0.2) is 48.5 Å². The van der Waals surface area contributed by atoms with Gasteiger partial charge < -0.3 is 4.74 Å². The number of aromatic nitrogens is 1. The van der Waals surface area contributed by atoms with Gasteiger partial charge in [0.1, 0.15) is 0 Å². The minimum Gasteiger partial charge on any atom is -0.378 e. The maximum atomic E-state index is 11.5. The molecule has 0 amide bonds. The first kappa shape index (κ1) is 15.4. The summed E-state index contributed by atoms with van der Waals surface area (Å²) in [6, 6.07) is 16.4. The van der Waals surface area contributed by atoms with E-state index in [-0.39, 0.29) is 0 Å². The van der Waals surface area contributed by atoms with Gasteiger partial charge in [-0.3, -0.25) is 4.79 Å². The number of aldehydes is 1. The molecule has 23 heavy (non-hydrogen) atoms. The number of hydrogen-bond acceptors (Lipinski definition) is 3. The summed E-state index contributed by atoms with van der Waals surface area (Å²) in [4.78, 5) is 16.0. The smallest absolute Gasteiger partial charge is 0.152 e. The largest absolute Gasteiger partial charge is 0.378 e. The van der Waals surface area contributed by atoms with E-state index in [2.05, 4.69) is 42.2 Å². The maximum absolute atomic E-state index is 11.5. The average molecular weight is 305 g/mol. The number of ether oxygens (including phenoxy) is 1. The molecule has 0 aliphatic heterocycles. The molecule has 3 heteroatoms. The number of pyridine rings is 1. The van der Waals surface area contributed by atoms with Crippen molar-refractivity contribution in [2.24, 2.45) is 0 Å². The lowest BCUT2D eigenvalue weighted by atomic mass is 9.98. The normalized spacial score (nSPS) is 10.9. The third-order valence-corrected chi connectivity index (χ3v) is 3.99. The Morgan fingerprint density at radius 1 is 1.04 bits per heavy atom. The highest BCUT2D eigenvalue weighted by Crippen LogP contribution is 2.27. The van der Waals surface area contributed by atoms with Gasteiger partial charge in [-0.1, -0.05) is 37.3 Å². The van der Waals surface area contributed by atoms with Crippen molar-refractivity contribution >= 4 is 17.2 Å². The fraction of sp³-hybridized carbons (Fsp3) is 0.200. The number of nitrogens with zero attached hydrogens (tertiary/aromatic N) is 1. The topological polar surface area (TPSA) is 39.2 Å². The van der Waals surface area contributed by atoms with Crippen molar-refractivity contribution in [2.45, 2.75) is 20.0 Å². The molecule has 3 rings (SSSR count). The fourth-order valence-electron chi connectivity index (χ4n) is 2.72. The lowest BCUT2D eigenvalue weighted by Crippen LogP contribution is -1.96. The van der Waals surface area contributed by atoms with Gasteiger partial charge in [0.05, 0.1) is 17.8 Å². The molecule has 3 aromatic rings. The molecule has 0 unspecified atom stereocenters.